The highest BCUT2D eigenvalue weighted by molar-refractivity contribution is 7.89. The lowest BCUT2D eigenvalue weighted by Gasteiger charge is -2.16. The quantitative estimate of drug-likeness (QED) is 0.882. The Kier molecular flexibility index (Phi) is 5.28. The van der Waals surface area contributed by atoms with Crippen LogP contribution in [-0.2, 0) is 16.6 Å². The molecule has 0 aliphatic carbocycles. The van der Waals surface area contributed by atoms with E-state index in [4.69, 9.17) is 4.74 Å². The van der Waals surface area contributed by atoms with Crippen LogP contribution in [0, 0.1) is 6.92 Å². The van der Waals surface area contributed by atoms with Crippen molar-refractivity contribution in [2.45, 2.75) is 18.4 Å². The maximum Gasteiger partial charge on any atom is 0.246 e. The summed E-state index contributed by atoms with van der Waals surface area (Å²) in [5.74, 6) is 0.326. The van der Waals surface area contributed by atoms with Gasteiger partial charge in [-0.15, -0.1) is 0 Å². The molecule has 124 valence electrons. The van der Waals surface area contributed by atoms with Gasteiger partial charge in [0.25, 0.3) is 0 Å². The summed E-state index contributed by atoms with van der Waals surface area (Å²) in [6.45, 7) is 2.70. The van der Waals surface area contributed by atoms with Gasteiger partial charge in [-0.1, -0.05) is 29.8 Å². The highest BCUT2D eigenvalue weighted by atomic mass is 32.2. The summed E-state index contributed by atoms with van der Waals surface area (Å²) in [7, 11) is 0.935. The van der Waals surface area contributed by atoms with E-state index in [0.717, 1.165) is 11.3 Å². The van der Waals surface area contributed by atoms with Gasteiger partial charge in [-0.05, 0) is 24.6 Å². The van der Waals surface area contributed by atoms with E-state index in [9.17, 15) is 8.42 Å². The largest absolute Gasteiger partial charge is 0.495 e. The van der Waals surface area contributed by atoms with E-state index in [2.05, 4.69) is 29.6 Å². The summed E-state index contributed by atoms with van der Waals surface area (Å²) in [4.78, 5) is 0.158. The number of anilines is 1. The van der Waals surface area contributed by atoms with Crippen LogP contribution >= 0.6 is 0 Å². The van der Waals surface area contributed by atoms with E-state index >= 15 is 0 Å². The molecular formula is C17H22N2O3S. The summed E-state index contributed by atoms with van der Waals surface area (Å²) in [5.41, 5.74) is 3.17. The number of hydrogen-bond acceptors (Lipinski definition) is 4. The first-order valence-electron chi connectivity index (χ1n) is 7.24. The minimum absolute atomic E-state index is 0.158. The molecule has 6 heteroatoms. The van der Waals surface area contributed by atoms with Crippen LogP contribution in [0.5, 0.6) is 5.75 Å². The van der Waals surface area contributed by atoms with E-state index in [1.54, 1.807) is 18.2 Å². The van der Waals surface area contributed by atoms with Gasteiger partial charge in [0.05, 0.1) is 7.11 Å². The number of nitrogens with one attached hydrogen (secondary N) is 1. The van der Waals surface area contributed by atoms with Gasteiger partial charge in [0.2, 0.25) is 10.0 Å². The van der Waals surface area contributed by atoms with Gasteiger partial charge in [0.1, 0.15) is 10.6 Å². The molecule has 5 nitrogen and oxygen atoms in total. The average molecular weight is 334 g/mol. The Morgan fingerprint density at radius 1 is 1.09 bits per heavy atom. The van der Waals surface area contributed by atoms with E-state index < -0.39 is 10.0 Å². The van der Waals surface area contributed by atoms with Crippen molar-refractivity contribution in [3.8, 4) is 5.75 Å². The normalized spacial score (nSPS) is 11.5. The van der Waals surface area contributed by atoms with Crippen LogP contribution in [-0.4, -0.2) is 33.9 Å². The molecule has 1 N–H and O–H groups in total. The summed E-state index contributed by atoms with van der Waals surface area (Å²) < 4.78 is 30.9. The fourth-order valence-electron chi connectivity index (χ4n) is 2.10. The van der Waals surface area contributed by atoms with Crippen molar-refractivity contribution in [3.63, 3.8) is 0 Å². The molecule has 0 amide bonds. The first-order chi connectivity index (χ1) is 10.8. The summed E-state index contributed by atoms with van der Waals surface area (Å²) in [5, 5.41) is 3.27. The fourth-order valence-corrected chi connectivity index (χ4v) is 3.13. The van der Waals surface area contributed by atoms with E-state index in [-0.39, 0.29) is 4.90 Å². The lowest BCUT2D eigenvalue weighted by Crippen LogP contribution is -2.22. The molecule has 0 saturated heterocycles. The molecule has 2 aromatic rings. The van der Waals surface area contributed by atoms with E-state index in [1.807, 2.05) is 6.92 Å². The van der Waals surface area contributed by atoms with Crippen LogP contribution in [0.1, 0.15) is 11.1 Å². The maximum absolute atomic E-state index is 12.3. The number of rotatable bonds is 6. The second kappa shape index (κ2) is 7.02. The van der Waals surface area contributed by atoms with Crippen molar-refractivity contribution in [3.05, 3.63) is 53.6 Å². The first-order valence-corrected chi connectivity index (χ1v) is 8.68. The Hall–Kier alpha value is -2.05. The molecule has 2 rings (SSSR count). The molecule has 0 spiro atoms. The van der Waals surface area contributed by atoms with Crippen molar-refractivity contribution in [2.24, 2.45) is 0 Å². The lowest BCUT2D eigenvalue weighted by molar-refractivity contribution is 0.400. The smallest absolute Gasteiger partial charge is 0.246 e. The van der Waals surface area contributed by atoms with Crippen LogP contribution in [0.25, 0.3) is 0 Å². The fraction of sp³-hybridized carbons (Fsp3) is 0.294. The molecule has 2 aromatic carbocycles. The number of sulfonamides is 1. The highest BCUT2D eigenvalue weighted by Gasteiger charge is 2.22. The van der Waals surface area contributed by atoms with Gasteiger partial charge >= 0.3 is 0 Å². The monoisotopic (exact) mass is 334 g/mol. The van der Waals surface area contributed by atoms with Crippen LogP contribution in [0.2, 0.25) is 0 Å². The summed E-state index contributed by atoms with van der Waals surface area (Å²) in [6.07, 6.45) is 0. The van der Waals surface area contributed by atoms with E-state index in [0.29, 0.717) is 12.3 Å². The predicted molar refractivity (Wildman–Crippen MR) is 92.4 cm³/mol. The van der Waals surface area contributed by atoms with Crippen molar-refractivity contribution >= 4 is 15.7 Å². The van der Waals surface area contributed by atoms with Crippen LogP contribution in [0.15, 0.2) is 47.4 Å². The number of ether oxygens (including phenoxy) is 1. The summed E-state index contributed by atoms with van der Waals surface area (Å²) in [6, 6.07) is 13.2. The zero-order chi connectivity index (χ0) is 17.0. The SMILES string of the molecule is COc1cc(NCc2ccc(C)cc2)ccc1S(=O)(=O)N(C)C. The molecular weight excluding hydrogens is 312 g/mol. The maximum atomic E-state index is 12.3. The van der Waals surface area contributed by atoms with Crippen molar-refractivity contribution in [1.29, 1.82) is 0 Å². The van der Waals surface area contributed by atoms with Crippen molar-refractivity contribution < 1.29 is 13.2 Å². The minimum Gasteiger partial charge on any atom is -0.495 e. The van der Waals surface area contributed by atoms with Gasteiger partial charge in [-0.3, -0.25) is 0 Å². The van der Waals surface area contributed by atoms with Gasteiger partial charge in [-0.2, -0.15) is 0 Å². The molecule has 0 fully saturated rings. The number of hydrogen-bond donors (Lipinski definition) is 1. The van der Waals surface area contributed by atoms with Gasteiger partial charge < -0.3 is 10.1 Å². The molecule has 0 aliphatic rings. The molecule has 0 aliphatic heterocycles. The lowest BCUT2D eigenvalue weighted by atomic mass is 10.1. The average Bonchev–Trinajstić information content (AvgIpc) is 2.53. The van der Waals surface area contributed by atoms with E-state index in [1.165, 1.54) is 31.1 Å². The number of aryl methyl sites for hydroxylation is 1. The third-order valence-corrected chi connectivity index (χ3v) is 5.39. The molecule has 0 atom stereocenters. The van der Waals surface area contributed by atoms with Crippen LogP contribution in [0.4, 0.5) is 5.69 Å². The minimum atomic E-state index is -3.53. The van der Waals surface area contributed by atoms with Crippen molar-refractivity contribution in [1.82, 2.24) is 4.31 Å². The Morgan fingerprint density at radius 2 is 1.74 bits per heavy atom. The Morgan fingerprint density at radius 3 is 2.30 bits per heavy atom. The summed E-state index contributed by atoms with van der Waals surface area (Å²) >= 11 is 0. The number of benzene rings is 2. The molecule has 0 heterocycles. The molecule has 0 radical (unpaired) electrons. The second-order valence-electron chi connectivity index (χ2n) is 5.49. The highest BCUT2D eigenvalue weighted by Crippen LogP contribution is 2.29. The molecule has 0 bridgehead atoms. The topological polar surface area (TPSA) is 58.6 Å². The molecule has 23 heavy (non-hydrogen) atoms. The van der Waals surface area contributed by atoms with Gasteiger partial charge in [-0.25, -0.2) is 12.7 Å². The van der Waals surface area contributed by atoms with Crippen LogP contribution < -0.4 is 10.1 Å². The van der Waals surface area contributed by atoms with Gasteiger partial charge in [0, 0.05) is 32.4 Å². The Labute approximate surface area is 137 Å². The third-order valence-electron chi connectivity index (χ3n) is 3.54. The van der Waals surface area contributed by atoms with Gasteiger partial charge in [0.15, 0.2) is 0 Å². The predicted octanol–water partition coefficient (Wildman–Crippen LogP) is 2.87. The first kappa shape index (κ1) is 17.3. The zero-order valence-electron chi connectivity index (χ0n) is 13.8. The number of methoxy groups -OCH3 is 1. The number of nitrogens with zero attached hydrogens (tertiary/aromatic N) is 1. The van der Waals surface area contributed by atoms with Crippen molar-refractivity contribution in [2.75, 3.05) is 26.5 Å². The zero-order valence-corrected chi connectivity index (χ0v) is 14.6. The molecule has 0 aromatic heterocycles. The second-order valence-corrected chi connectivity index (χ2v) is 7.61. The Bertz CT molecular complexity index is 769. The standard InChI is InChI=1S/C17H22N2O3S/c1-13-5-7-14(8-6-13)12-18-15-9-10-17(16(11-15)22-4)23(20,21)19(2)3/h5-11,18H,12H2,1-4H3. The third kappa shape index (κ3) is 4.03. The molecule has 0 saturated carbocycles. The van der Waals surface area contributed by atoms with Crippen LogP contribution in [0.3, 0.4) is 0 Å². The molecule has 0 unspecified atom stereocenters. The Balaban J connectivity index is 2.20.